The van der Waals surface area contributed by atoms with Crippen molar-refractivity contribution >= 4 is 22.6 Å². The number of carbonyl (C=O) groups excluding carboxylic acids is 2. The minimum atomic E-state index is -0.394. The number of hydrogen-bond acceptors (Lipinski definition) is 4. The monoisotopic (exact) mass is 409 g/mol. The molecule has 0 unspecified atom stereocenters. The lowest BCUT2D eigenvalue weighted by atomic mass is 9.93. The molecule has 1 aliphatic rings. The molecule has 1 aromatic carbocycles. The van der Waals surface area contributed by atoms with Crippen LogP contribution in [0.1, 0.15) is 41.6 Å². The van der Waals surface area contributed by atoms with Crippen molar-refractivity contribution < 1.29 is 18.7 Å². The normalized spacial score (nSPS) is 19.0. The molecule has 156 valence electrons. The predicted octanol–water partition coefficient (Wildman–Crippen LogP) is 3.48. The first-order valence-corrected chi connectivity index (χ1v) is 10.1. The first-order chi connectivity index (χ1) is 14.5. The van der Waals surface area contributed by atoms with E-state index in [-0.39, 0.29) is 30.4 Å². The van der Waals surface area contributed by atoms with Crippen molar-refractivity contribution in [1.29, 1.82) is 0 Å². The zero-order chi connectivity index (χ0) is 21.1. The van der Waals surface area contributed by atoms with Crippen LogP contribution >= 0.6 is 0 Å². The molecule has 2 aromatic heterocycles. The quantitative estimate of drug-likeness (QED) is 0.633. The molecule has 1 saturated carbocycles. The molecule has 3 aromatic rings. The molecule has 1 N–H and O–H groups in total. The highest BCUT2D eigenvalue weighted by Gasteiger charge is 2.23. The first-order valence-electron chi connectivity index (χ1n) is 10.1. The Morgan fingerprint density at radius 1 is 1.17 bits per heavy atom. The number of halogens is 1. The van der Waals surface area contributed by atoms with E-state index in [1.807, 2.05) is 0 Å². The van der Waals surface area contributed by atoms with Gasteiger partial charge in [-0.15, -0.1) is 0 Å². The smallest absolute Gasteiger partial charge is 0.240 e. The number of amides is 1. The number of aromatic nitrogens is 2. The van der Waals surface area contributed by atoms with E-state index in [0.717, 1.165) is 25.7 Å². The van der Waals surface area contributed by atoms with Gasteiger partial charge in [0.05, 0.1) is 17.8 Å². The summed E-state index contributed by atoms with van der Waals surface area (Å²) >= 11 is 0. The Kier molecular flexibility index (Phi) is 5.90. The summed E-state index contributed by atoms with van der Waals surface area (Å²) in [7, 11) is 1.72. The van der Waals surface area contributed by atoms with Gasteiger partial charge in [0.2, 0.25) is 5.91 Å². The maximum absolute atomic E-state index is 13.2. The van der Waals surface area contributed by atoms with Gasteiger partial charge in [0, 0.05) is 42.1 Å². The number of ether oxygens (including phenoxy) is 1. The predicted molar refractivity (Wildman–Crippen MR) is 111 cm³/mol. The summed E-state index contributed by atoms with van der Waals surface area (Å²) in [5, 5.41) is 3.81. The number of ketones is 1. The summed E-state index contributed by atoms with van der Waals surface area (Å²) in [4.78, 5) is 29.8. The van der Waals surface area contributed by atoms with Crippen LogP contribution in [-0.2, 0) is 16.1 Å². The fourth-order valence-electron chi connectivity index (χ4n) is 4.08. The summed E-state index contributed by atoms with van der Waals surface area (Å²) in [5.74, 6) is -0.713. The number of benzene rings is 1. The van der Waals surface area contributed by atoms with Gasteiger partial charge in [0.1, 0.15) is 12.4 Å². The van der Waals surface area contributed by atoms with Gasteiger partial charge in [-0.3, -0.25) is 14.6 Å². The van der Waals surface area contributed by atoms with E-state index in [1.54, 1.807) is 36.3 Å². The van der Waals surface area contributed by atoms with Crippen LogP contribution in [0.3, 0.4) is 0 Å². The van der Waals surface area contributed by atoms with E-state index in [1.165, 1.54) is 24.3 Å². The molecular weight excluding hydrogens is 385 g/mol. The summed E-state index contributed by atoms with van der Waals surface area (Å²) in [6, 6.07) is 7.35. The van der Waals surface area contributed by atoms with E-state index in [2.05, 4.69) is 10.3 Å². The maximum atomic E-state index is 13.2. The summed E-state index contributed by atoms with van der Waals surface area (Å²) in [6.45, 7) is 0.100. The van der Waals surface area contributed by atoms with Crippen LogP contribution in [0.2, 0.25) is 0 Å². The third-order valence-electron chi connectivity index (χ3n) is 5.72. The van der Waals surface area contributed by atoms with Crippen LogP contribution in [0.5, 0.6) is 0 Å². The highest BCUT2D eigenvalue weighted by atomic mass is 19.1. The average molecular weight is 409 g/mol. The van der Waals surface area contributed by atoms with Gasteiger partial charge >= 0.3 is 0 Å². The van der Waals surface area contributed by atoms with Crippen molar-refractivity contribution in [3.05, 3.63) is 65.9 Å². The minimum Gasteiger partial charge on any atom is -0.381 e. The molecule has 0 aliphatic heterocycles. The van der Waals surface area contributed by atoms with E-state index in [0.29, 0.717) is 22.0 Å². The number of nitrogens with zero attached hydrogens (tertiary/aromatic N) is 2. The number of methoxy groups -OCH3 is 1. The number of pyridine rings is 1. The van der Waals surface area contributed by atoms with Crippen molar-refractivity contribution in [3.8, 4) is 0 Å². The second kappa shape index (κ2) is 8.75. The number of carbonyl (C=O) groups is 2. The molecule has 0 spiro atoms. The Labute approximate surface area is 174 Å². The Morgan fingerprint density at radius 3 is 2.60 bits per heavy atom. The average Bonchev–Trinajstić information content (AvgIpc) is 3.12. The molecule has 7 heteroatoms. The number of nitrogens with one attached hydrogen (secondary N) is 1. The highest BCUT2D eigenvalue weighted by molar-refractivity contribution is 6.16. The van der Waals surface area contributed by atoms with Crippen LogP contribution in [0.25, 0.3) is 10.9 Å². The summed E-state index contributed by atoms with van der Waals surface area (Å²) in [6.07, 6.45) is 8.88. The van der Waals surface area contributed by atoms with Crippen LogP contribution in [-0.4, -0.2) is 40.5 Å². The number of fused-ring (bicyclic) bond motifs is 1. The van der Waals surface area contributed by atoms with E-state index >= 15 is 0 Å². The third-order valence-corrected chi connectivity index (χ3v) is 5.72. The SMILES string of the molecule is COC1CCC(NC(=O)Cn2cc(C(=O)c3ccc(F)cc3)c3ccncc32)CC1. The number of hydrogen-bond donors (Lipinski definition) is 1. The first kappa shape index (κ1) is 20.2. The Balaban J connectivity index is 1.53. The lowest BCUT2D eigenvalue weighted by molar-refractivity contribution is -0.122. The third kappa shape index (κ3) is 4.26. The lowest BCUT2D eigenvalue weighted by Gasteiger charge is -2.28. The fourth-order valence-corrected chi connectivity index (χ4v) is 4.08. The minimum absolute atomic E-state index is 0.0996. The molecule has 0 radical (unpaired) electrons. The van der Waals surface area contributed by atoms with Crippen molar-refractivity contribution in [2.75, 3.05) is 7.11 Å². The molecule has 1 amide bonds. The Bertz CT molecular complexity index is 1050. The largest absolute Gasteiger partial charge is 0.381 e. The molecule has 0 atom stereocenters. The van der Waals surface area contributed by atoms with Gasteiger partial charge in [-0.2, -0.15) is 0 Å². The second-order valence-corrected chi connectivity index (χ2v) is 7.68. The van der Waals surface area contributed by atoms with Crippen molar-refractivity contribution in [3.63, 3.8) is 0 Å². The topological polar surface area (TPSA) is 73.2 Å². The molecule has 0 bridgehead atoms. The Morgan fingerprint density at radius 2 is 1.90 bits per heavy atom. The van der Waals surface area contributed by atoms with E-state index in [4.69, 9.17) is 4.74 Å². The van der Waals surface area contributed by atoms with Crippen molar-refractivity contribution in [2.24, 2.45) is 0 Å². The van der Waals surface area contributed by atoms with Crippen LogP contribution in [0, 0.1) is 5.82 Å². The van der Waals surface area contributed by atoms with Crippen molar-refractivity contribution in [1.82, 2.24) is 14.9 Å². The molecule has 0 saturated heterocycles. The fraction of sp³-hybridized carbons (Fsp3) is 0.348. The molecule has 1 aliphatic carbocycles. The molecule has 30 heavy (non-hydrogen) atoms. The van der Waals surface area contributed by atoms with Gasteiger partial charge in [-0.05, 0) is 56.0 Å². The zero-order valence-electron chi connectivity index (χ0n) is 16.8. The van der Waals surface area contributed by atoms with Crippen LogP contribution in [0.4, 0.5) is 4.39 Å². The van der Waals surface area contributed by atoms with Crippen molar-refractivity contribution in [2.45, 2.75) is 44.4 Å². The van der Waals surface area contributed by atoms with Gasteiger partial charge in [-0.25, -0.2) is 4.39 Å². The maximum Gasteiger partial charge on any atom is 0.240 e. The standard InChI is InChI=1S/C23H24FN3O3/c1-30-18-8-6-17(7-9-18)26-22(28)14-27-13-20(19-10-11-25-12-21(19)27)23(29)15-2-4-16(24)5-3-15/h2-5,10-13,17-18H,6-9,14H2,1H3,(H,26,28). The van der Waals surface area contributed by atoms with Gasteiger partial charge in [0.15, 0.2) is 5.78 Å². The summed E-state index contributed by atoms with van der Waals surface area (Å²) < 4.78 is 20.3. The molecule has 2 heterocycles. The molecule has 4 rings (SSSR count). The van der Waals surface area contributed by atoms with Gasteiger partial charge < -0.3 is 14.6 Å². The number of rotatable bonds is 6. The summed E-state index contributed by atoms with van der Waals surface area (Å²) in [5.41, 5.74) is 1.57. The van der Waals surface area contributed by atoms with Gasteiger partial charge in [0.25, 0.3) is 0 Å². The molecule has 1 fully saturated rings. The zero-order valence-corrected chi connectivity index (χ0v) is 16.8. The second-order valence-electron chi connectivity index (χ2n) is 7.68. The molecular formula is C23H24FN3O3. The van der Waals surface area contributed by atoms with E-state index < -0.39 is 5.82 Å². The molecule has 6 nitrogen and oxygen atoms in total. The van der Waals surface area contributed by atoms with Crippen LogP contribution in [0.15, 0.2) is 48.9 Å². The van der Waals surface area contributed by atoms with Gasteiger partial charge in [-0.1, -0.05) is 0 Å². The lowest BCUT2D eigenvalue weighted by Crippen LogP contribution is -2.40. The highest BCUT2D eigenvalue weighted by Crippen LogP contribution is 2.24. The van der Waals surface area contributed by atoms with E-state index in [9.17, 15) is 14.0 Å². The Hall–Kier alpha value is -3.06. The van der Waals surface area contributed by atoms with Crippen LogP contribution < -0.4 is 5.32 Å².